The summed E-state index contributed by atoms with van der Waals surface area (Å²) in [7, 11) is -3.43. The van der Waals surface area contributed by atoms with Gasteiger partial charge in [-0.15, -0.1) is 0 Å². The van der Waals surface area contributed by atoms with E-state index in [1.165, 1.54) is 4.31 Å². The van der Waals surface area contributed by atoms with Crippen molar-refractivity contribution in [2.24, 2.45) is 0 Å². The summed E-state index contributed by atoms with van der Waals surface area (Å²) in [5, 5.41) is 0. The molecule has 0 aromatic carbocycles. The summed E-state index contributed by atoms with van der Waals surface area (Å²) >= 11 is 6.83. The fraction of sp³-hybridized carbons (Fsp3) is 0.727. The lowest BCUT2D eigenvalue weighted by molar-refractivity contribution is 0.189. The molecule has 1 aliphatic heterocycles. The normalized spacial score (nSPS) is 18.9. The minimum atomic E-state index is -3.43. The van der Waals surface area contributed by atoms with Crippen molar-refractivity contribution < 1.29 is 8.42 Å². The zero-order valence-electron chi connectivity index (χ0n) is 11.1. The van der Waals surface area contributed by atoms with Gasteiger partial charge in [0.25, 0.3) is 10.0 Å². The summed E-state index contributed by atoms with van der Waals surface area (Å²) in [5.41, 5.74) is 0.492. The fourth-order valence-corrected chi connectivity index (χ4v) is 5.51. The number of piperazine rings is 1. The van der Waals surface area contributed by atoms with Gasteiger partial charge in [-0.1, -0.05) is 29.9 Å². The minimum absolute atomic E-state index is 0.278. The number of hydrogen-bond donors (Lipinski definition) is 0. The van der Waals surface area contributed by atoms with E-state index in [1.54, 1.807) is 6.92 Å². The second-order valence-corrected chi connectivity index (χ2v) is 8.30. The van der Waals surface area contributed by atoms with Crippen LogP contribution >= 0.6 is 22.9 Å². The zero-order valence-corrected chi connectivity index (χ0v) is 13.5. The number of hydrogen-bond acceptors (Lipinski definition) is 5. The molecule has 19 heavy (non-hydrogen) atoms. The summed E-state index contributed by atoms with van der Waals surface area (Å²) in [5.74, 6) is 0. The Balaban J connectivity index is 2.12. The van der Waals surface area contributed by atoms with Gasteiger partial charge in [-0.3, -0.25) is 0 Å². The van der Waals surface area contributed by atoms with Crippen molar-refractivity contribution in [1.82, 2.24) is 14.2 Å². The molecular weight excluding hydrogens is 306 g/mol. The van der Waals surface area contributed by atoms with Gasteiger partial charge in [0.15, 0.2) is 8.68 Å². The van der Waals surface area contributed by atoms with Gasteiger partial charge in [-0.2, -0.15) is 4.31 Å². The highest BCUT2D eigenvalue weighted by Crippen LogP contribution is 2.29. The molecular formula is C11H18ClN3O2S2. The molecule has 0 atom stereocenters. The molecule has 1 saturated heterocycles. The topological polar surface area (TPSA) is 53.5 Å². The molecule has 1 fully saturated rings. The molecule has 108 valence electrons. The highest BCUT2D eigenvalue weighted by molar-refractivity contribution is 7.91. The standard InChI is InChI=1S/C11H18ClN3O2S2/c1-3-4-14-5-7-15(8-6-14)19(16,17)10-9(2)13-11(12)18-10/h3-8H2,1-2H3. The largest absolute Gasteiger partial charge is 0.301 e. The molecule has 1 aromatic heterocycles. The second-order valence-electron chi connectivity index (χ2n) is 4.59. The third-order valence-corrected chi connectivity index (χ3v) is 6.92. The van der Waals surface area contributed by atoms with Crippen molar-refractivity contribution in [1.29, 1.82) is 0 Å². The third-order valence-electron chi connectivity index (χ3n) is 3.17. The van der Waals surface area contributed by atoms with E-state index in [9.17, 15) is 8.42 Å². The quantitative estimate of drug-likeness (QED) is 0.848. The number of halogens is 1. The molecule has 0 aliphatic carbocycles. The smallest absolute Gasteiger partial charge is 0.254 e. The molecule has 0 amide bonds. The van der Waals surface area contributed by atoms with E-state index in [0.717, 1.165) is 37.4 Å². The fourth-order valence-electron chi connectivity index (χ4n) is 2.22. The monoisotopic (exact) mass is 323 g/mol. The van der Waals surface area contributed by atoms with Crippen LogP contribution in [0.1, 0.15) is 19.0 Å². The Labute approximate surface area is 123 Å². The van der Waals surface area contributed by atoms with Crippen molar-refractivity contribution in [2.75, 3.05) is 32.7 Å². The predicted molar refractivity (Wildman–Crippen MR) is 77.4 cm³/mol. The molecule has 2 heterocycles. The van der Waals surface area contributed by atoms with Gasteiger partial charge in [-0.05, 0) is 19.9 Å². The molecule has 5 nitrogen and oxygen atoms in total. The first-order valence-corrected chi connectivity index (χ1v) is 8.94. The van der Waals surface area contributed by atoms with Crippen LogP contribution in [0.5, 0.6) is 0 Å². The Bertz CT molecular complexity index is 536. The first kappa shape index (κ1) is 15.2. The lowest BCUT2D eigenvalue weighted by atomic mass is 10.3. The van der Waals surface area contributed by atoms with Gasteiger partial charge in [0.05, 0.1) is 5.69 Å². The first-order valence-electron chi connectivity index (χ1n) is 6.30. The number of aryl methyl sites for hydroxylation is 1. The Kier molecular flexibility index (Phi) is 4.84. The van der Waals surface area contributed by atoms with Crippen LogP contribution in [0, 0.1) is 6.92 Å². The van der Waals surface area contributed by atoms with Crippen LogP contribution in [-0.4, -0.2) is 55.3 Å². The Hall–Kier alpha value is -0.210. The van der Waals surface area contributed by atoms with Crippen LogP contribution in [0.25, 0.3) is 0 Å². The molecule has 0 unspecified atom stereocenters. The lowest BCUT2D eigenvalue weighted by Gasteiger charge is -2.33. The van der Waals surface area contributed by atoms with Crippen LogP contribution < -0.4 is 0 Å². The lowest BCUT2D eigenvalue weighted by Crippen LogP contribution is -2.48. The number of thiazole rings is 1. The van der Waals surface area contributed by atoms with Gasteiger partial charge < -0.3 is 4.90 Å². The van der Waals surface area contributed by atoms with Gasteiger partial charge >= 0.3 is 0 Å². The average molecular weight is 324 g/mol. The molecule has 1 aliphatic rings. The Morgan fingerprint density at radius 3 is 2.42 bits per heavy atom. The number of sulfonamides is 1. The SMILES string of the molecule is CCCN1CCN(S(=O)(=O)c2sc(Cl)nc2C)CC1. The summed E-state index contributed by atoms with van der Waals surface area (Å²) in [6.07, 6.45) is 1.09. The van der Waals surface area contributed by atoms with E-state index in [0.29, 0.717) is 18.8 Å². The highest BCUT2D eigenvalue weighted by Gasteiger charge is 2.31. The van der Waals surface area contributed by atoms with Gasteiger partial charge in [-0.25, -0.2) is 13.4 Å². The molecule has 2 rings (SSSR count). The van der Waals surface area contributed by atoms with Gasteiger partial charge in [0, 0.05) is 26.2 Å². The third kappa shape index (κ3) is 3.28. The van der Waals surface area contributed by atoms with Gasteiger partial charge in [0.2, 0.25) is 0 Å². The number of nitrogens with zero attached hydrogens (tertiary/aromatic N) is 3. The molecule has 0 N–H and O–H groups in total. The predicted octanol–water partition coefficient (Wildman–Crippen LogP) is 1.82. The van der Waals surface area contributed by atoms with Crippen molar-refractivity contribution in [3.05, 3.63) is 10.2 Å². The van der Waals surface area contributed by atoms with E-state index in [4.69, 9.17) is 11.6 Å². The van der Waals surface area contributed by atoms with Crippen molar-refractivity contribution in [3.8, 4) is 0 Å². The summed E-state index contributed by atoms with van der Waals surface area (Å²) < 4.78 is 27.1. The van der Waals surface area contributed by atoms with E-state index >= 15 is 0 Å². The maximum Gasteiger partial charge on any atom is 0.254 e. The Morgan fingerprint density at radius 1 is 1.32 bits per heavy atom. The molecule has 0 radical (unpaired) electrons. The van der Waals surface area contributed by atoms with Crippen molar-refractivity contribution >= 4 is 33.0 Å². The van der Waals surface area contributed by atoms with Crippen molar-refractivity contribution in [2.45, 2.75) is 24.5 Å². The molecule has 1 aromatic rings. The molecule has 0 spiro atoms. The van der Waals surface area contributed by atoms with E-state index in [2.05, 4.69) is 16.8 Å². The summed E-state index contributed by atoms with van der Waals surface area (Å²) in [4.78, 5) is 6.27. The van der Waals surface area contributed by atoms with E-state index < -0.39 is 10.0 Å². The van der Waals surface area contributed by atoms with Gasteiger partial charge in [0.1, 0.15) is 0 Å². The van der Waals surface area contributed by atoms with E-state index in [1.807, 2.05) is 0 Å². The highest BCUT2D eigenvalue weighted by atomic mass is 35.5. The maximum absolute atomic E-state index is 12.5. The Morgan fingerprint density at radius 2 is 1.95 bits per heavy atom. The number of aromatic nitrogens is 1. The first-order chi connectivity index (χ1) is 8.95. The maximum atomic E-state index is 12.5. The number of rotatable bonds is 4. The van der Waals surface area contributed by atoms with E-state index in [-0.39, 0.29) is 8.68 Å². The van der Waals surface area contributed by atoms with Crippen LogP contribution in [0.15, 0.2) is 4.21 Å². The summed E-state index contributed by atoms with van der Waals surface area (Å²) in [6.45, 7) is 7.50. The molecule has 8 heteroatoms. The summed E-state index contributed by atoms with van der Waals surface area (Å²) in [6, 6.07) is 0. The second kappa shape index (κ2) is 6.05. The average Bonchev–Trinajstić information content (AvgIpc) is 2.70. The van der Waals surface area contributed by atoms with Crippen LogP contribution in [0.4, 0.5) is 0 Å². The van der Waals surface area contributed by atoms with Crippen LogP contribution in [0.3, 0.4) is 0 Å². The van der Waals surface area contributed by atoms with Crippen molar-refractivity contribution in [3.63, 3.8) is 0 Å². The zero-order chi connectivity index (χ0) is 14.0. The van der Waals surface area contributed by atoms with Crippen LogP contribution in [0.2, 0.25) is 4.47 Å². The molecule has 0 saturated carbocycles. The molecule has 0 bridgehead atoms. The van der Waals surface area contributed by atoms with Crippen LogP contribution in [-0.2, 0) is 10.0 Å². The minimum Gasteiger partial charge on any atom is -0.301 e.